The van der Waals surface area contributed by atoms with Gasteiger partial charge in [-0.05, 0) is 67.6 Å². The van der Waals surface area contributed by atoms with Gasteiger partial charge in [0.25, 0.3) is 5.91 Å². The molecule has 0 atom stereocenters. The predicted octanol–water partition coefficient (Wildman–Crippen LogP) is 3.73. The van der Waals surface area contributed by atoms with E-state index in [0.717, 1.165) is 52.0 Å². The summed E-state index contributed by atoms with van der Waals surface area (Å²) >= 11 is 0. The van der Waals surface area contributed by atoms with Crippen LogP contribution in [0.5, 0.6) is 0 Å². The zero-order valence-corrected chi connectivity index (χ0v) is 18.0. The Kier molecular flexibility index (Phi) is 8.01. The fourth-order valence-electron chi connectivity index (χ4n) is 3.96. The van der Waals surface area contributed by atoms with E-state index in [2.05, 4.69) is 42.3 Å². The highest BCUT2D eigenvalue weighted by Crippen LogP contribution is 2.23. The van der Waals surface area contributed by atoms with Gasteiger partial charge in [-0.25, -0.2) is 0 Å². The van der Waals surface area contributed by atoms with Gasteiger partial charge in [-0.1, -0.05) is 24.3 Å². The quantitative estimate of drug-likeness (QED) is 0.671. The standard InChI is InChI=1S/C25H31N3O2/c1-27(15-16-30-2)19-23-5-3-20(4-6-23)17-21-11-13-28(14-12-21)25(29)24-9-7-22(18-26)8-10-24/h3-10,21H,11-17,19H2,1-2H3. The van der Waals surface area contributed by atoms with Crippen LogP contribution in [0.25, 0.3) is 0 Å². The number of benzene rings is 2. The van der Waals surface area contributed by atoms with Crippen molar-refractivity contribution in [2.24, 2.45) is 5.92 Å². The number of ether oxygens (including phenoxy) is 1. The van der Waals surface area contributed by atoms with Gasteiger partial charge in [0, 0.05) is 38.9 Å². The van der Waals surface area contributed by atoms with Gasteiger partial charge in [0.15, 0.2) is 0 Å². The second kappa shape index (κ2) is 10.9. The van der Waals surface area contributed by atoms with Crippen LogP contribution in [0.15, 0.2) is 48.5 Å². The molecule has 0 spiro atoms. The zero-order chi connectivity index (χ0) is 21.3. The number of rotatable bonds is 8. The first-order chi connectivity index (χ1) is 14.6. The smallest absolute Gasteiger partial charge is 0.253 e. The summed E-state index contributed by atoms with van der Waals surface area (Å²) < 4.78 is 5.13. The fourth-order valence-corrected chi connectivity index (χ4v) is 3.96. The summed E-state index contributed by atoms with van der Waals surface area (Å²) in [5, 5.41) is 8.90. The Hall–Kier alpha value is -2.68. The summed E-state index contributed by atoms with van der Waals surface area (Å²) in [5.41, 5.74) is 3.94. The lowest BCUT2D eigenvalue weighted by molar-refractivity contribution is 0.0690. The second-order valence-electron chi connectivity index (χ2n) is 8.18. The topological polar surface area (TPSA) is 56.6 Å². The molecule has 1 fully saturated rings. The Labute approximate surface area is 179 Å². The first kappa shape index (κ1) is 22.0. The summed E-state index contributed by atoms with van der Waals surface area (Å²) in [7, 11) is 3.84. The van der Waals surface area contributed by atoms with Crippen LogP contribution in [0.2, 0.25) is 0 Å². The summed E-state index contributed by atoms with van der Waals surface area (Å²) in [4.78, 5) is 16.9. The molecule has 2 aromatic rings. The SMILES string of the molecule is COCCN(C)Cc1ccc(CC2CCN(C(=O)c3ccc(C#N)cc3)CC2)cc1. The number of methoxy groups -OCH3 is 1. The minimum Gasteiger partial charge on any atom is -0.383 e. The molecule has 0 N–H and O–H groups in total. The van der Waals surface area contributed by atoms with E-state index >= 15 is 0 Å². The average molecular weight is 406 g/mol. The maximum Gasteiger partial charge on any atom is 0.253 e. The Bertz CT molecular complexity index is 847. The number of carbonyl (C=O) groups is 1. The molecular weight excluding hydrogens is 374 g/mol. The molecule has 158 valence electrons. The molecule has 1 aliphatic heterocycles. The van der Waals surface area contributed by atoms with Crippen molar-refractivity contribution in [3.05, 3.63) is 70.8 Å². The van der Waals surface area contributed by atoms with E-state index in [1.54, 1.807) is 31.4 Å². The van der Waals surface area contributed by atoms with E-state index in [1.807, 2.05) is 4.90 Å². The van der Waals surface area contributed by atoms with Crippen molar-refractivity contribution >= 4 is 5.91 Å². The minimum absolute atomic E-state index is 0.0693. The van der Waals surface area contributed by atoms with Gasteiger partial charge < -0.3 is 9.64 Å². The van der Waals surface area contributed by atoms with E-state index in [0.29, 0.717) is 17.0 Å². The number of hydrogen-bond acceptors (Lipinski definition) is 4. The lowest BCUT2D eigenvalue weighted by atomic mass is 9.89. The monoisotopic (exact) mass is 405 g/mol. The van der Waals surface area contributed by atoms with Gasteiger partial charge >= 0.3 is 0 Å². The van der Waals surface area contributed by atoms with Crippen LogP contribution in [0.4, 0.5) is 0 Å². The third kappa shape index (κ3) is 6.16. The Morgan fingerprint density at radius 3 is 2.33 bits per heavy atom. The van der Waals surface area contributed by atoms with Crippen molar-refractivity contribution in [1.82, 2.24) is 9.80 Å². The lowest BCUT2D eigenvalue weighted by Gasteiger charge is -2.32. The highest BCUT2D eigenvalue weighted by atomic mass is 16.5. The van der Waals surface area contributed by atoms with Crippen molar-refractivity contribution in [2.45, 2.75) is 25.8 Å². The minimum atomic E-state index is 0.0693. The van der Waals surface area contributed by atoms with Crippen molar-refractivity contribution in [3.8, 4) is 6.07 Å². The van der Waals surface area contributed by atoms with Gasteiger partial charge in [-0.2, -0.15) is 5.26 Å². The number of amides is 1. The molecule has 2 aromatic carbocycles. The van der Waals surface area contributed by atoms with E-state index in [9.17, 15) is 4.79 Å². The van der Waals surface area contributed by atoms with Crippen molar-refractivity contribution in [2.75, 3.05) is 40.4 Å². The molecule has 0 saturated carbocycles. The van der Waals surface area contributed by atoms with Crippen LogP contribution in [0, 0.1) is 17.2 Å². The van der Waals surface area contributed by atoms with E-state index in [4.69, 9.17) is 10.00 Å². The van der Waals surface area contributed by atoms with Crippen LogP contribution in [-0.4, -0.2) is 56.1 Å². The summed E-state index contributed by atoms with van der Waals surface area (Å²) in [5.74, 6) is 0.685. The number of likely N-dealkylation sites (tertiary alicyclic amines) is 1. The number of likely N-dealkylation sites (N-methyl/N-ethyl adjacent to an activating group) is 1. The Balaban J connectivity index is 1.46. The maximum absolute atomic E-state index is 12.7. The average Bonchev–Trinajstić information content (AvgIpc) is 2.79. The van der Waals surface area contributed by atoms with Crippen molar-refractivity contribution in [1.29, 1.82) is 5.26 Å². The molecule has 0 aromatic heterocycles. The first-order valence-corrected chi connectivity index (χ1v) is 10.6. The number of hydrogen-bond donors (Lipinski definition) is 0. The summed E-state index contributed by atoms with van der Waals surface area (Å²) in [6.45, 7) is 4.20. The fraction of sp³-hybridized carbons (Fsp3) is 0.440. The second-order valence-corrected chi connectivity index (χ2v) is 8.18. The number of carbonyl (C=O) groups excluding carboxylic acids is 1. The molecule has 5 nitrogen and oxygen atoms in total. The predicted molar refractivity (Wildman–Crippen MR) is 118 cm³/mol. The molecule has 1 amide bonds. The molecule has 0 unspecified atom stereocenters. The molecule has 30 heavy (non-hydrogen) atoms. The highest BCUT2D eigenvalue weighted by Gasteiger charge is 2.23. The van der Waals surface area contributed by atoms with Crippen molar-refractivity contribution in [3.63, 3.8) is 0 Å². The first-order valence-electron chi connectivity index (χ1n) is 10.6. The number of nitriles is 1. The van der Waals surface area contributed by atoms with Crippen molar-refractivity contribution < 1.29 is 9.53 Å². The normalized spacial score (nSPS) is 14.7. The molecule has 5 heteroatoms. The zero-order valence-electron chi connectivity index (χ0n) is 18.0. The Morgan fingerprint density at radius 2 is 1.73 bits per heavy atom. The van der Waals surface area contributed by atoms with Crippen LogP contribution in [0.1, 0.15) is 39.9 Å². The van der Waals surface area contributed by atoms with Crippen LogP contribution < -0.4 is 0 Å². The Morgan fingerprint density at radius 1 is 1.10 bits per heavy atom. The van der Waals surface area contributed by atoms with E-state index < -0.39 is 0 Å². The van der Waals surface area contributed by atoms with E-state index in [1.165, 1.54) is 11.1 Å². The lowest BCUT2D eigenvalue weighted by Crippen LogP contribution is -2.38. The third-order valence-corrected chi connectivity index (χ3v) is 5.84. The largest absolute Gasteiger partial charge is 0.383 e. The maximum atomic E-state index is 12.7. The van der Waals surface area contributed by atoms with Gasteiger partial charge in [0.2, 0.25) is 0 Å². The molecule has 0 bridgehead atoms. The van der Waals surface area contributed by atoms with Crippen LogP contribution in [-0.2, 0) is 17.7 Å². The van der Waals surface area contributed by atoms with Crippen LogP contribution in [0.3, 0.4) is 0 Å². The number of piperidine rings is 1. The molecule has 1 saturated heterocycles. The summed E-state index contributed by atoms with van der Waals surface area (Å²) in [6.07, 6.45) is 3.13. The van der Waals surface area contributed by atoms with Gasteiger partial charge in [-0.3, -0.25) is 9.69 Å². The van der Waals surface area contributed by atoms with Gasteiger partial charge in [0.1, 0.15) is 0 Å². The van der Waals surface area contributed by atoms with E-state index in [-0.39, 0.29) is 5.91 Å². The summed E-state index contributed by atoms with van der Waals surface area (Å²) in [6, 6.07) is 17.9. The number of nitrogens with zero attached hydrogens (tertiary/aromatic N) is 3. The molecule has 0 aliphatic carbocycles. The molecule has 0 radical (unpaired) electrons. The molecule has 3 rings (SSSR count). The molecular formula is C25H31N3O2. The van der Waals surface area contributed by atoms with Gasteiger partial charge in [0.05, 0.1) is 18.2 Å². The van der Waals surface area contributed by atoms with Gasteiger partial charge in [-0.15, -0.1) is 0 Å². The third-order valence-electron chi connectivity index (χ3n) is 5.84. The highest BCUT2D eigenvalue weighted by molar-refractivity contribution is 5.94. The molecule has 1 heterocycles. The van der Waals surface area contributed by atoms with Crippen LogP contribution >= 0.6 is 0 Å². The molecule has 1 aliphatic rings.